The van der Waals surface area contributed by atoms with Gasteiger partial charge in [-0.3, -0.25) is 0 Å². The summed E-state index contributed by atoms with van der Waals surface area (Å²) in [7, 11) is 2.05. The molecule has 2 rings (SSSR count). The van der Waals surface area contributed by atoms with Crippen molar-refractivity contribution in [3.8, 4) is 5.75 Å². The van der Waals surface area contributed by atoms with E-state index in [9.17, 15) is 0 Å². The maximum atomic E-state index is 6.42. The van der Waals surface area contributed by atoms with Crippen molar-refractivity contribution in [1.29, 1.82) is 0 Å². The summed E-state index contributed by atoms with van der Waals surface area (Å²) in [5.74, 6) is 1.06. The lowest BCUT2D eigenvalue weighted by Crippen LogP contribution is -2.47. The Labute approximate surface area is 123 Å². The highest BCUT2D eigenvalue weighted by molar-refractivity contribution is 5.42. The molecule has 1 aliphatic carbocycles. The standard InChI is InChI=1S/C18H29NO/c1-12-9-13(2)14(3)16(10-12)20-17-11-18(4,5)8-7-15(17)19-6/h9-10,15,17,19H,7-8,11H2,1-6H3. The van der Waals surface area contributed by atoms with Gasteiger partial charge in [0.15, 0.2) is 0 Å². The van der Waals surface area contributed by atoms with Crippen LogP contribution in [-0.2, 0) is 0 Å². The predicted molar refractivity (Wildman–Crippen MR) is 85.5 cm³/mol. The fourth-order valence-electron chi connectivity index (χ4n) is 3.26. The van der Waals surface area contributed by atoms with Gasteiger partial charge in [-0.1, -0.05) is 19.9 Å². The molecule has 2 atom stereocenters. The molecule has 2 unspecified atom stereocenters. The third-order valence-electron chi connectivity index (χ3n) is 4.75. The van der Waals surface area contributed by atoms with E-state index in [0.29, 0.717) is 11.5 Å². The van der Waals surface area contributed by atoms with Crippen molar-refractivity contribution in [1.82, 2.24) is 5.32 Å². The average molecular weight is 275 g/mol. The molecule has 20 heavy (non-hydrogen) atoms. The fraction of sp³-hybridized carbons (Fsp3) is 0.667. The van der Waals surface area contributed by atoms with Crippen LogP contribution in [0.4, 0.5) is 0 Å². The Bertz CT molecular complexity index is 479. The molecule has 0 spiro atoms. The second kappa shape index (κ2) is 5.77. The van der Waals surface area contributed by atoms with Gasteiger partial charge in [-0.15, -0.1) is 0 Å². The Kier molecular flexibility index (Phi) is 4.43. The van der Waals surface area contributed by atoms with Crippen LogP contribution in [0.15, 0.2) is 12.1 Å². The molecular formula is C18H29NO. The maximum Gasteiger partial charge on any atom is 0.123 e. The summed E-state index contributed by atoms with van der Waals surface area (Å²) in [6.45, 7) is 11.2. The van der Waals surface area contributed by atoms with Crippen molar-refractivity contribution < 1.29 is 4.74 Å². The number of aryl methyl sites for hydroxylation is 2. The molecule has 0 aliphatic heterocycles. The van der Waals surface area contributed by atoms with E-state index in [1.807, 2.05) is 7.05 Å². The minimum Gasteiger partial charge on any atom is -0.488 e. The van der Waals surface area contributed by atoms with E-state index in [1.165, 1.54) is 29.5 Å². The maximum absolute atomic E-state index is 6.42. The molecule has 1 aromatic carbocycles. The smallest absolute Gasteiger partial charge is 0.123 e. The van der Waals surface area contributed by atoms with Gasteiger partial charge in [0.25, 0.3) is 0 Å². The monoisotopic (exact) mass is 275 g/mol. The summed E-state index contributed by atoms with van der Waals surface area (Å²) in [6.07, 6.45) is 3.84. The zero-order valence-electron chi connectivity index (χ0n) is 13.8. The molecule has 1 aliphatic rings. The van der Waals surface area contributed by atoms with E-state index in [4.69, 9.17) is 4.74 Å². The predicted octanol–water partition coefficient (Wildman–Crippen LogP) is 4.16. The summed E-state index contributed by atoms with van der Waals surface area (Å²) in [5.41, 5.74) is 4.24. The molecular weight excluding hydrogens is 246 g/mol. The first-order valence-electron chi connectivity index (χ1n) is 7.74. The molecule has 1 fully saturated rings. The molecule has 0 heterocycles. The Morgan fingerprint density at radius 1 is 1.20 bits per heavy atom. The number of benzene rings is 1. The van der Waals surface area contributed by atoms with Crippen LogP contribution in [0.5, 0.6) is 5.75 Å². The van der Waals surface area contributed by atoms with Gasteiger partial charge in [0, 0.05) is 6.04 Å². The molecule has 2 nitrogen and oxygen atoms in total. The number of hydrogen-bond donors (Lipinski definition) is 1. The molecule has 112 valence electrons. The third-order valence-corrected chi connectivity index (χ3v) is 4.75. The van der Waals surface area contributed by atoms with Crippen molar-refractivity contribution in [3.05, 3.63) is 28.8 Å². The van der Waals surface area contributed by atoms with Crippen molar-refractivity contribution >= 4 is 0 Å². The summed E-state index contributed by atoms with van der Waals surface area (Å²) in [5, 5.41) is 3.44. The first-order valence-corrected chi connectivity index (χ1v) is 7.74. The van der Waals surface area contributed by atoms with Crippen LogP contribution in [0.2, 0.25) is 0 Å². The minimum atomic E-state index is 0.267. The summed E-state index contributed by atoms with van der Waals surface area (Å²) >= 11 is 0. The largest absolute Gasteiger partial charge is 0.488 e. The Hall–Kier alpha value is -1.02. The second-order valence-corrected chi connectivity index (χ2v) is 7.16. The highest BCUT2D eigenvalue weighted by Crippen LogP contribution is 2.38. The van der Waals surface area contributed by atoms with Crippen molar-refractivity contribution in [3.63, 3.8) is 0 Å². The second-order valence-electron chi connectivity index (χ2n) is 7.16. The van der Waals surface area contributed by atoms with Gasteiger partial charge in [0.05, 0.1) is 0 Å². The highest BCUT2D eigenvalue weighted by Gasteiger charge is 2.35. The van der Waals surface area contributed by atoms with Crippen LogP contribution in [0.3, 0.4) is 0 Å². The van der Waals surface area contributed by atoms with Crippen LogP contribution in [-0.4, -0.2) is 19.2 Å². The molecule has 0 saturated heterocycles. The summed E-state index contributed by atoms with van der Waals surface area (Å²) in [6, 6.07) is 4.86. The highest BCUT2D eigenvalue weighted by atomic mass is 16.5. The fourth-order valence-corrected chi connectivity index (χ4v) is 3.26. The number of hydrogen-bond acceptors (Lipinski definition) is 2. The molecule has 2 heteroatoms. The van der Waals surface area contributed by atoms with E-state index in [2.05, 4.69) is 52.1 Å². The number of ether oxygens (including phenoxy) is 1. The van der Waals surface area contributed by atoms with Crippen LogP contribution in [0, 0.1) is 26.2 Å². The Balaban J connectivity index is 2.22. The lowest BCUT2D eigenvalue weighted by atomic mass is 9.74. The van der Waals surface area contributed by atoms with Crippen molar-refractivity contribution in [2.24, 2.45) is 5.41 Å². The topological polar surface area (TPSA) is 21.3 Å². The van der Waals surface area contributed by atoms with E-state index in [-0.39, 0.29) is 6.10 Å². The Morgan fingerprint density at radius 3 is 2.55 bits per heavy atom. The van der Waals surface area contributed by atoms with E-state index in [0.717, 1.165) is 12.2 Å². The van der Waals surface area contributed by atoms with Crippen LogP contribution in [0.1, 0.15) is 49.8 Å². The lowest BCUT2D eigenvalue weighted by Gasteiger charge is -2.40. The van der Waals surface area contributed by atoms with E-state index in [1.54, 1.807) is 0 Å². The zero-order valence-corrected chi connectivity index (χ0v) is 13.8. The lowest BCUT2D eigenvalue weighted by molar-refractivity contribution is 0.0553. The van der Waals surface area contributed by atoms with Crippen LogP contribution in [0.25, 0.3) is 0 Å². The van der Waals surface area contributed by atoms with Crippen molar-refractivity contribution in [2.75, 3.05) is 7.05 Å². The third kappa shape index (κ3) is 3.35. The van der Waals surface area contributed by atoms with Crippen molar-refractivity contribution in [2.45, 2.75) is 66.0 Å². The van der Waals surface area contributed by atoms with E-state index < -0.39 is 0 Å². The van der Waals surface area contributed by atoms with Gasteiger partial charge < -0.3 is 10.1 Å². The molecule has 0 radical (unpaired) electrons. The normalized spacial score (nSPS) is 25.5. The Morgan fingerprint density at radius 2 is 1.90 bits per heavy atom. The molecule has 0 bridgehead atoms. The zero-order chi connectivity index (χ0) is 14.9. The molecule has 1 N–H and O–H groups in total. The SMILES string of the molecule is CNC1CCC(C)(C)CC1Oc1cc(C)cc(C)c1C. The number of nitrogens with one attached hydrogen (secondary N) is 1. The first-order chi connectivity index (χ1) is 9.32. The summed E-state index contributed by atoms with van der Waals surface area (Å²) < 4.78 is 6.42. The van der Waals surface area contributed by atoms with Gasteiger partial charge in [-0.2, -0.15) is 0 Å². The molecule has 0 amide bonds. The molecule has 1 saturated carbocycles. The molecule has 0 aromatic heterocycles. The number of rotatable bonds is 3. The average Bonchev–Trinajstić information content (AvgIpc) is 2.34. The quantitative estimate of drug-likeness (QED) is 0.894. The number of likely N-dealkylation sites (N-methyl/N-ethyl adjacent to an activating group) is 1. The van der Waals surface area contributed by atoms with Gasteiger partial charge >= 0.3 is 0 Å². The minimum absolute atomic E-state index is 0.267. The van der Waals surface area contributed by atoms with Gasteiger partial charge in [0.2, 0.25) is 0 Å². The van der Waals surface area contributed by atoms with Gasteiger partial charge in [0.1, 0.15) is 11.9 Å². The van der Waals surface area contributed by atoms with E-state index >= 15 is 0 Å². The van der Waals surface area contributed by atoms with Gasteiger partial charge in [-0.05, 0) is 75.3 Å². The molecule has 1 aromatic rings. The van der Waals surface area contributed by atoms with Gasteiger partial charge in [-0.25, -0.2) is 0 Å². The summed E-state index contributed by atoms with van der Waals surface area (Å²) in [4.78, 5) is 0. The first kappa shape index (κ1) is 15.4. The van der Waals surface area contributed by atoms with Crippen LogP contribution < -0.4 is 10.1 Å². The van der Waals surface area contributed by atoms with Crippen LogP contribution >= 0.6 is 0 Å².